The van der Waals surface area contributed by atoms with Gasteiger partial charge in [-0.15, -0.1) is 0 Å². The normalized spacial score (nSPS) is 10.9. The molecule has 0 amide bonds. The fourth-order valence-electron chi connectivity index (χ4n) is 1.16. The van der Waals surface area contributed by atoms with Gasteiger partial charge in [-0.3, -0.25) is 9.59 Å². The van der Waals surface area contributed by atoms with Gasteiger partial charge in [0.05, 0.1) is 5.41 Å². The van der Waals surface area contributed by atoms with E-state index in [-0.39, 0.29) is 5.97 Å². The molecule has 0 spiro atoms. The van der Waals surface area contributed by atoms with Crippen LogP contribution in [0.4, 0.5) is 0 Å². The van der Waals surface area contributed by atoms with Crippen molar-refractivity contribution in [1.82, 2.24) is 0 Å². The van der Waals surface area contributed by atoms with Crippen molar-refractivity contribution in [2.24, 2.45) is 5.41 Å². The van der Waals surface area contributed by atoms with Crippen molar-refractivity contribution < 1.29 is 19.1 Å². The number of carbonyl (C=O) groups is 2. The molecule has 0 saturated heterocycles. The van der Waals surface area contributed by atoms with E-state index in [0.29, 0.717) is 17.9 Å². The Hall–Kier alpha value is -1.84. The largest absolute Gasteiger partial charge is 0.427 e. The molecule has 1 aromatic rings. The molecule has 0 aliphatic carbocycles. The lowest BCUT2D eigenvalue weighted by Gasteiger charge is -2.20. The van der Waals surface area contributed by atoms with E-state index in [9.17, 15) is 9.59 Å². The van der Waals surface area contributed by atoms with Gasteiger partial charge in [-0.1, -0.05) is 13.0 Å². The molecule has 0 radical (unpaired) electrons. The molecule has 0 N–H and O–H groups in total. The van der Waals surface area contributed by atoms with Crippen molar-refractivity contribution in [2.45, 2.75) is 34.1 Å². The summed E-state index contributed by atoms with van der Waals surface area (Å²) in [6, 6.07) is 6.46. The molecule has 0 saturated carbocycles. The Kier molecular flexibility index (Phi) is 4.48. The number of benzene rings is 1. The molecule has 1 rings (SSSR count). The smallest absolute Gasteiger partial charge is 0.316 e. The molecule has 18 heavy (non-hydrogen) atoms. The number of esters is 2. The van der Waals surface area contributed by atoms with E-state index in [0.717, 1.165) is 0 Å². The zero-order valence-corrected chi connectivity index (χ0v) is 11.1. The number of rotatable bonds is 4. The van der Waals surface area contributed by atoms with Crippen LogP contribution >= 0.6 is 0 Å². The molecule has 1 aromatic carbocycles. The average Bonchev–Trinajstić information content (AvgIpc) is 2.28. The highest BCUT2D eigenvalue weighted by Gasteiger charge is 2.27. The highest BCUT2D eigenvalue weighted by Crippen LogP contribution is 2.25. The third kappa shape index (κ3) is 3.87. The second-order valence-corrected chi connectivity index (χ2v) is 4.70. The maximum atomic E-state index is 11.9. The minimum atomic E-state index is -0.530. The molecular formula is C14H18O4. The first-order valence-corrected chi connectivity index (χ1v) is 5.86. The van der Waals surface area contributed by atoms with E-state index in [4.69, 9.17) is 9.47 Å². The van der Waals surface area contributed by atoms with Gasteiger partial charge in [0, 0.05) is 13.0 Å². The predicted octanol–water partition coefficient (Wildman–Crippen LogP) is 2.95. The third-order valence-corrected chi connectivity index (χ3v) is 2.71. The minimum absolute atomic E-state index is 0.301. The van der Waals surface area contributed by atoms with Gasteiger partial charge in [-0.05, 0) is 32.4 Å². The lowest BCUT2D eigenvalue weighted by molar-refractivity contribution is -0.144. The lowest BCUT2D eigenvalue weighted by atomic mass is 9.91. The van der Waals surface area contributed by atoms with Crippen LogP contribution in [0.3, 0.4) is 0 Å². The third-order valence-electron chi connectivity index (χ3n) is 2.71. The summed E-state index contributed by atoms with van der Waals surface area (Å²) in [6.07, 6.45) is 0.690. The monoisotopic (exact) mass is 250 g/mol. The van der Waals surface area contributed by atoms with Crippen molar-refractivity contribution in [3.63, 3.8) is 0 Å². The molecule has 4 heteroatoms. The fourth-order valence-corrected chi connectivity index (χ4v) is 1.16. The quantitative estimate of drug-likeness (QED) is 0.609. The molecule has 0 heterocycles. The van der Waals surface area contributed by atoms with Crippen LogP contribution in [0.2, 0.25) is 0 Å². The van der Waals surface area contributed by atoms with Gasteiger partial charge in [-0.25, -0.2) is 0 Å². The maximum absolute atomic E-state index is 11.9. The molecule has 4 nitrogen and oxygen atoms in total. The Bertz CT molecular complexity index is 449. The van der Waals surface area contributed by atoms with Gasteiger partial charge in [-0.2, -0.15) is 0 Å². The van der Waals surface area contributed by atoms with Crippen molar-refractivity contribution in [2.75, 3.05) is 0 Å². The topological polar surface area (TPSA) is 52.6 Å². The second kappa shape index (κ2) is 5.67. The Morgan fingerprint density at radius 2 is 1.72 bits per heavy atom. The Balaban J connectivity index is 2.79. The van der Waals surface area contributed by atoms with Crippen LogP contribution in [-0.4, -0.2) is 11.9 Å². The van der Waals surface area contributed by atoms with E-state index in [1.807, 2.05) is 20.8 Å². The van der Waals surface area contributed by atoms with Crippen LogP contribution in [0.25, 0.3) is 0 Å². The second-order valence-electron chi connectivity index (χ2n) is 4.70. The van der Waals surface area contributed by atoms with Crippen LogP contribution in [0.1, 0.15) is 34.1 Å². The number of hydrogen-bond donors (Lipinski definition) is 0. The van der Waals surface area contributed by atoms with Gasteiger partial charge in [0.1, 0.15) is 11.5 Å². The van der Waals surface area contributed by atoms with Crippen LogP contribution < -0.4 is 9.47 Å². The predicted molar refractivity (Wildman–Crippen MR) is 67.5 cm³/mol. The van der Waals surface area contributed by atoms with Gasteiger partial charge in [0.2, 0.25) is 0 Å². The van der Waals surface area contributed by atoms with Crippen LogP contribution in [0.5, 0.6) is 11.5 Å². The minimum Gasteiger partial charge on any atom is -0.427 e. The molecule has 0 aliphatic heterocycles. The van der Waals surface area contributed by atoms with Crippen molar-refractivity contribution in [1.29, 1.82) is 0 Å². The van der Waals surface area contributed by atoms with E-state index < -0.39 is 11.4 Å². The summed E-state index contributed by atoms with van der Waals surface area (Å²) >= 11 is 0. The van der Waals surface area contributed by atoms with Crippen LogP contribution in [0, 0.1) is 5.41 Å². The molecule has 0 bridgehead atoms. The zero-order chi connectivity index (χ0) is 13.8. The van der Waals surface area contributed by atoms with Crippen LogP contribution in [-0.2, 0) is 9.59 Å². The molecule has 0 fully saturated rings. The van der Waals surface area contributed by atoms with Crippen molar-refractivity contribution in [3.8, 4) is 11.5 Å². The van der Waals surface area contributed by atoms with Crippen molar-refractivity contribution in [3.05, 3.63) is 24.3 Å². The van der Waals surface area contributed by atoms with Gasteiger partial charge in [0.15, 0.2) is 0 Å². The van der Waals surface area contributed by atoms with E-state index in [1.165, 1.54) is 13.0 Å². The Morgan fingerprint density at radius 3 is 2.22 bits per heavy atom. The van der Waals surface area contributed by atoms with Gasteiger partial charge >= 0.3 is 11.9 Å². The SMILES string of the molecule is CCC(C)(C)C(=O)Oc1cccc(OC(C)=O)c1. The molecule has 98 valence electrons. The van der Waals surface area contributed by atoms with E-state index in [2.05, 4.69) is 0 Å². The zero-order valence-electron chi connectivity index (χ0n) is 11.1. The van der Waals surface area contributed by atoms with E-state index >= 15 is 0 Å². The summed E-state index contributed by atoms with van der Waals surface area (Å²) < 4.78 is 10.2. The van der Waals surface area contributed by atoms with Gasteiger partial charge < -0.3 is 9.47 Å². The average molecular weight is 250 g/mol. The highest BCUT2D eigenvalue weighted by atomic mass is 16.5. The first-order valence-electron chi connectivity index (χ1n) is 5.86. The summed E-state index contributed by atoms with van der Waals surface area (Å²) in [4.78, 5) is 22.7. The fraction of sp³-hybridized carbons (Fsp3) is 0.429. The summed E-state index contributed by atoms with van der Waals surface area (Å²) in [7, 11) is 0. The first-order chi connectivity index (χ1) is 8.35. The molecular weight excluding hydrogens is 232 g/mol. The summed E-state index contributed by atoms with van der Waals surface area (Å²) in [5.74, 6) is 0.0275. The molecule has 0 unspecified atom stereocenters. The Labute approximate surface area is 107 Å². The molecule has 0 aromatic heterocycles. The number of carbonyl (C=O) groups excluding carboxylic acids is 2. The van der Waals surface area contributed by atoms with Crippen LogP contribution in [0.15, 0.2) is 24.3 Å². The summed E-state index contributed by atoms with van der Waals surface area (Å²) in [5, 5.41) is 0. The summed E-state index contributed by atoms with van der Waals surface area (Å²) in [5.41, 5.74) is -0.530. The first kappa shape index (κ1) is 14.2. The van der Waals surface area contributed by atoms with E-state index in [1.54, 1.807) is 18.2 Å². The molecule has 0 atom stereocenters. The Morgan fingerprint density at radius 1 is 1.17 bits per heavy atom. The van der Waals surface area contributed by atoms with Gasteiger partial charge in [0.25, 0.3) is 0 Å². The highest BCUT2D eigenvalue weighted by molar-refractivity contribution is 5.78. The standard InChI is InChI=1S/C14H18O4/c1-5-14(3,4)13(16)18-12-8-6-7-11(9-12)17-10(2)15/h6-9H,5H2,1-4H3. The summed E-state index contributed by atoms with van der Waals surface area (Å²) in [6.45, 7) is 6.89. The lowest BCUT2D eigenvalue weighted by Crippen LogP contribution is -2.28. The number of ether oxygens (including phenoxy) is 2. The van der Waals surface area contributed by atoms with Crippen molar-refractivity contribution >= 4 is 11.9 Å². The maximum Gasteiger partial charge on any atom is 0.316 e. The number of hydrogen-bond acceptors (Lipinski definition) is 4. The molecule has 0 aliphatic rings.